The van der Waals surface area contributed by atoms with Crippen LogP contribution in [0.15, 0.2) is 36.4 Å². The molecule has 0 spiro atoms. The van der Waals surface area contributed by atoms with Gasteiger partial charge in [0.15, 0.2) is 0 Å². The Labute approximate surface area is 145 Å². The topological polar surface area (TPSA) is 52.6 Å². The summed E-state index contributed by atoms with van der Waals surface area (Å²) in [6.07, 6.45) is 0. The quantitative estimate of drug-likeness (QED) is 0.529. The number of rotatable bonds is 2. The number of benzene rings is 2. The van der Waals surface area contributed by atoms with E-state index in [2.05, 4.69) is 9.78 Å². The zero-order valence-corrected chi connectivity index (χ0v) is 13.6. The monoisotopic (exact) mass is 378 g/mol. The summed E-state index contributed by atoms with van der Waals surface area (Å²) in [6.45, 7) is 0. The van der Waals surface area contributed by atoms with Crippen LogP contribution < -0.4 is 0 Å². The standard InChI is InChI=1S/C14H6Cl4O4/c15-9-1-7(2-10(16)5-9)13(19)21-22-14(20)8-3-11(17)6-12(18)4-8/h1-6H. The van der Waals surface area contributed by atoms with Crippen molar-refractivity contribution in [3.63, 3.8) is 0 Å². The molecule has 2 aromatic rings. The summed E-state index contributed by atoms with van der Waals surface area (Å²) in [5.74, 6) is -1.85. The molecule has 114 valence electrons. The first-order valence-electron chi connectivity index (χ1n) is 5.70. The molecule has 4 nitrogen and oxygen atoms in total. The second-order valence-corrected chi connectivity index (χ2v) is 5.80. The van der Waals surface area contributed by atoms with Crippen LogP contribution in [0.1, 0.15) is 20.7 Å². The molecular formula is C14H6Cl4O4. The number of halogens is 4. The average molecular weight is 380 g/mol. The van der Waals surface area contributed by atoms with Gasteiger partial charge >= 0.3 is 11.9 Å². The number of carbonyl (C=O) groups is 2. The summed E-state index contributed by atoms with van der Waals surface area (Å²) in [5.41, 5.74) is 0.0730. The molecule has 0 aliphatic heterocycles. The van der Waals surface area contributed by atoms with Gasteiger partial charge in [-0.1, -0.05) is 46.4 Å². The van der Waals surface area contributed by atoms with Gasteiger partial charge in [-0.25, -0.2) is 19.4 Å². The first-order valence-corrected chi connectivity index (χ1v) is 7.22. The molecule has 0 amide bonds. The fraction of sp³-hybridized carbons (Fsp3) is 0. The molecule has 0 N–H and O–H groups in total. The average Bonchev–Trinajstić information content (AvgIpc) is 2.42. The van der Waals surface area contributed by atoms with E-state index in [4.69, 9.17) is 46.4 Å². The summed E-state index contributed by atoms with van der Waals surface area (Å²) in [4.78, 5) is 32.4. The van der Waals surface area contributed by atoms with E-state index in [0.717, 1.165) is 0 Å². The molecule has 0 saturated carbocycles. The lowest BCUT2D eigenvalue weighted by Crippen LogP contribution is -2.12. The van der Waals surface area contributed by atoms with Gasteiger partial charge in [0.25, 0.3) is 0 Å². The molecule has 8 heteroatoms. The number of hydrogen-bond acceptors (Lipinski definition) is 4. The van der Waals surface area contributed by atoms with Gasteiger partial charge < -0.3 is 0 Å². The Morgan fingerprint density at radius 1 is 0.591 bits per heavy atom. The van der Waals surface area contributed by atoms with E-state index in [-0.39, 0.29) is 31.2 Å². The van der Waals surface area contributed by atoms with E-state index in [1.54, 1.807) is 0 Å². The Hall–Kier alpha value is -1.46. The molecule has 22 heavy (non-hydrogen) atoms. The van der Waals surface area contributed by atoms with Gasteiger partial charge in [-0.05, 0) is 36.4 Å². The fourth-order valence-corrected chi connectivity index (χ4v) is 2.57. The third-order valence-corrected chi connectivity index (χ3v) is 3.26. The van der Waals surface area contributed by atoms with Crippen LogP contribution in [0.3, 0.4) is 0 Å². The highest BCUT2D eigenvalue weighted by Gasteiger charge is 2.16. The molecule has 0 saturated heterocycles. The summed E-state index contributed by atoms with van der Waals surface area (Å²) < 4.78 is 0. The minimum Gasteiger partial charge on any atom is -0.242 e. The maximum atomic E-state index is 11.7. The van der Waals surface area contributed by atoms with Gasteiger partial charge in [0.2, 0.25) is 0 Å². The Balaban J connectivity index is 2.05. The van der Waals surface area contributed by atoms with Gasteiger partial charge in [-0.2, -0.15) is 0 Å². The van der Waals surface area contributed by atoms with Crippen LogP contribution >= 0.6 is 46.4 Å². The van der Waals surface area contributed by atoms with Gasteiger partial charge in [-0.15, -0.1) is 0 Å². The van der Waals surface area contributed by atoms with Crippen LogP contribution in [-0.2, 0) is 9.78 Å². The van der Waals surface area contributed by atoms with E-state index in [9.17, 15) is 9.59 Å². The predicted octanol–water partition coefficient (Wildman–Crippen LogP) is 5.23. The number of hydrogen-bond donors (Lipinski definition) is 0. The van der Waals surface area contributed by atoms with E-state index in [0.29, 0.717) is 0 Å². The lowest BCUT2D eigenvalue weighted by atomic mass is 10.2. The third kappa shape index (κ3) is 4.52. The van der Waals surface area contributed by atoms with Crippen LogP contribution in [-0.4, -0.2) is 11.9 Å². The smallest absolute Gasteiger partial charge is 0.242 e. The maximum Gasteiger partial charge on any atom is 0.386 e. The minimum absolute atomic E-state index is 0.0365. The summed E-state index contributed by atoms with van der Waals surface area (Å²) in [7, 11) is 0. The van der Waals surface area contributed by atoms with Crippen molar-refractivity contribution in [2.24, 2.45) is 0 Å². The highest BCUT2D eigenvalue weighted by Crippen LogP contribution is 2.21. The molecule has 0 atom stereocenters. The Morgan fingerprint density at radius 2 is 0.864 bits per heavy atom. The van der Waals surface area contributed by atoms with Crippen molar-refractivity contribution in [1.82, 2.24) is 0 Å². The van der Waals surface area contributed by atoms with Crippen molar-refractivity contribution in [2.75, 3.05) is 0 Å². The highest BCUT2D eigenvalue weighted by atomic mass is 35.5. The molecule has 0 bridgehead atoms. The summed E-state index contributed by atoms with van der Waals surface area (Å²) >= 11 is 23.0. The van der Waals surface area contributed by atoms with Crippen molar-refractivity contribution in [2.45, 2.75) is 0 Å². The first-order chi connectivity index (χ1) is 10.3. The molecule has 0 radical (unpaired) electrons. The number of carbonyl (C=O) groups excluding carboxylic acids is 2. The predicted molar refractivity (Wildman–Crippen MR) is 83.8 cm³/mol. The zero-order valence-electron chi connectivity index (χ0n) is 10.6. The minimum atomic E-state index is -0.925. The largest absolute Gasteiger partial charge is 0.386 e. The second-order valence-electron chi connectivity index (χ2n) is 4.06. The van der Waals surface area contributed by atoms with Crippen LogP contribution in [0, 0.1) is 0 Å². The van der Waals surface area contributed by atoms with Crippen molar-refractivity contribution in [1.29, 1.82) is 0 Å². The van der Waals surface area contributed by atoms with E-state index < -0.39 is 11.9 Å². The molecule has 0 unspecified atom stereocenters. The first kappa shape index (κ1) is 16.9. The zero-order chi connectivity index (χ0) is 16.3. The Kier molecular flexibility index (Phi) is 5.53. The van der Waals surface area contributed by atoms with Gasteiger partial charge in [-0.3, -0.25) is 0 Å². The lowest BCUT2D eigenvalue weighted by Gasteiger charge is -2.05. The third-order valence-electron chi connectivity index (χ3n) is 2.39. The second kappa shape index (κ2) is 7.20. The SMILES string of the molecule is O=C(OOC(=O)c1cc(Cl)cc(Cl)c1)c1cc(Cl)cc(Cl)c1. The van der Waals surface area contributed by atoms with Crippen molar-refractivity contribution in [3.8, 4) is 0 Å². The molecule has 2 aromatic carbocycles. The van der Waals surface area contributed by atoms with E-state index in [1.165, 1.54) is 36.4 Å². The molecular weight excluding hydrogens is 374 g/mol. The summed E-state index contributed by atoms with van der Waals surface area (Å²) in [5, 5.41) is 0.972. The Bertz CT molecular complexity index is 642. The molecule has 0 aliphatic rings. The highest BCUT2D eigenvalue weighted by molar-refractivity contribution is 6.35. The molecule has 0 heterocycles. The van der Waals surface area contributed by atoms with Crippen molar-refractivity contribution >= 4 is 58.3 Å². The molecule has 0 aromatic heterocycles. The van der Waals surface area contributed by atoms with Crippen molar-refractivity contribution in [3.05, 3.63) is 67.6 Å². The summed E-state index contributed by atoms with van der Waals surface area (Å²) in [6, 6.07) is 8.17. The Morgan fingerprint density at radius 3 is 1.14 bits per heavy atom. The maximum absolute atomic E-state index is 11.7. The van der Waals surface area contributed by atoms with Gasteiger partial charge in [0.1, 0.15) is 0 Å². The van der Waals surface area contributed by atoms with E-state index >= 15 is 0 Å². The fourth-order valence-electron chi connectivity index (χ4n) is 1.52. The van der Waals surface area contributed by atoms with Gasteiger partial charge in [0, 0.05) is 20.1 Å². The lowest BCUT2D eigenvalue weighted by molar-refractivity contribution is -0.187. The normalized spacial score (nSPS) is 10.2. The van der Waals surface area contributed by atoms with Crippen LogP contribution in [0.5, 0.6) is 0 Å². The van der Waals surface area contributed by atoms with Crippen LogP contribution in [0.4, 0.5) is 0 Å². The van der Waals surface area contributed by atoms with Crippen LogP contribution in [0.25, 0.3) is 0 Å². The molecule has 0 fully saturated rings. The molecule has 0 aliphatic carbocycles. The van der Waals surface area contributed by atoms with Crippen molar-refractivity contribution < 1.29 is 19.4 Å². The molecule has 2 rings (SSSR count). The van der Waals surface area contributed by atoms with E-state index in [1.807, 2.05) is 0 Å². The van der Waals surface area contributed by atoms with Crippen LogP contribution in [0.2, 0.25) is 20.1 Å². The van der Waals surface area contributed by atoms with Gasteiger partial charge in [0.05, 0.1) is 11.1 Å².